The van der Waals surface area contributed by atoms with Crippen LogP contribution in [0.25, 0.3) is 0 Å². The van der Waals surface area contributed by atoms with Gasteiger partial charge in [-0.3, -0.25) is 10.3 Å². The lowest BCUT2D eigenvalue weighted by Gasteiger charge is -2.25. The first-order valence-corrected chi connectivity index (χ1v) is 7.38. The number of amides is 1. The van der Waals surface area contributed by atoms with Gasteiger partial charge in [0, 0.05) is 13.5 Å². The summed E-state index contributed by atoms with van der Waals surface area (Å²) < 4.78 is 10.2. The molecule has 0 aliphatic heterocycles. The summed E-state index contributed by atoms with van der Waals surface area (Å²) in [5, 5.41) is 7.26. The molecule has 0 spiro atoms. The lowest BCUT2D eigenvalue weighted by molar-refractivity contribution is -0.148. The molecule has 1 atom stereocenters. The van der Waals surface area contributed by atoms with Gasteiger partial charge in [-0.1, -0.05) is 30.3 Å². The van der Waals surface area contributed by atoms with Gasteiger partial charge < -0.3 is 15.2 Å². The van der Waals surface area contributed by atoms with Crippen molar-refractivity contribution < 1.29 is 19.1 Å². The van der Waals surface area contributed by atoms with Crippen molar-refractivity contribution in [3.8, 4) is 0 Å². The van der Waals surface area contributed by atoms with Crippen molar-refractivity contribution in [2.24, 2.45) is 5.73 Å². The number of carbonyl (C=O) groups excluding carboxylic acids is 2. The largest absolute Gasteiger partial charge is 0.464 e. The molecule has 126 valence electrons. The number of ether oxygens (including phenoxy) is 2. The number of hydrogen-bond acceptors (Lipinski definition) is 5. The molecule has 0 aliphatic rings. The normalized spacial score (nSPS) is 11.4. The minimum absolute atomic E-state index is 0.0506. The zero-order valence-corrected chi connectivity index (χ0v) is 13.5. The fraction of sp³-hybridized carbons (Fsp3) is 0.438. The summed E-state index contributed by atoms with van der Waals surface area (Å²) in [7, 11) is 1.47. The second-order valence-corrected chi connectivity index (χ2v) is 4.98. The van der Waals surface area contributed by atoms with Gasteiger partial charge in [0.15, 0.2) is 0 Å². The van der Waals surface area contributed by atoms with Crippen molar-refractivity contribution in [3.63, 3.8) is 0 Å². The van der Waals surface area contributed by atoms with Crippen LogP contribution in [0.2, 0.25) is 0 Å². The van der Waals surface area contributed by atoms with Crippen LogP contribution in [0.5, 0.6) is 0 Å². The Kier molecular flexibility index (Phi) is 7.59. The zero-order valence-electron chi connectivity index (χ0n) is 13.5. The van der Waals surface area contributed by atoms with E-state index >= 15 is 0 Å². The molecule has 0 saturated heterocycles. The van der Waals surface area contributed by atoms with Gasteiger partial charge in [0.05, 0.1) is 12.4 Å². The topological polar surface area (TPSA) is 106 Å². The Bertz CT molecular complexity index is 533. The van der Waals surface area contributed by atoms with Crippen molar-refractivity contribution in [2.45, 2.75) is 32.4 Å². The average Bonchev–Trinajstić information content (AvgIpc) is 2.53. The van der Waals surface area contributed by atoms with Gasteiger partial charge in [-0.15, -0.1) is 0 Å². The molecule has 1 aromatic rings. The van der Waals surface area contributed by atoms with Gasteiger partial charge in [-0.05, 0) is 18.9 Å². The van der Waals surface area contributed by atoms with Crippen molar-refractivity contribution >= 4 is 17.9 Å². The molecule has 1 rings (SSSR count). The number of hydrogen-bond donors (Lipinski definition) is 2. The summed E-state index contributed by atoms with van der Waals surface area (Å²) in [4.78, 5) is 25.3. The van der Waals surface area contributed by atoms with E-state index in [4.69, 9.17) is 20.6 Å². The molecule has 7 nitrogen and oxygen atoms in total. The van der Waals surface area contributed by atoms with Crippen LogP contribution in [-0.2, 0) is 20.9 Å². The second-order valence-electron chi connectivity index (χ2n) is 4.98. The van der Waals surface area contributed by atoms with Crippen LogP contribution < -0.4 is 5.73 Å². The molecule has 0 heterocycles. The van der Waals surface area contributed by atoms with Crippen LogP contribution in [0, 0.1) is 5.41 Å². The van der Waals surface area contributed by atoms with Crippen LogP contribution in [0.1, 0.15) is 25.3 Å². The van der Waals surface area contributed by atoms with Crippen LogP contribution in [0.4, 0.5) is 4.79 Å². The fourth-order valence-electron chi connectivity index (χ4n) is 1.95. The van der Waals surface area contributed by atoms with E-state index in [1.807, 2.05) is 30.3 Å². The molecule has 0 aliphatic carbocycles. The Morgan fingerprint density at radius 1 is 1.26 bits per heavy atom. The summed E-state index contributed by atoms with van der Waals surface area (Å²) >= 11 is 0. The molecule has 1 aromatic carbocycles. The van der Waals surface area contributed by atoms with E-state index in [1.165, 1.54) is 11.9 Å². The molecule has 23 heavy (non-hydrogen) atoms. The molecule has 0 saturated carbocycles. The molecule has 0 fully saturated rings. The number of rotatable bonds is 8. The SMILES string of the molecule is CCOC(=O)[C@H](CCC(=N)N)N(C)C(=O)OCc1ccccc1. The number of esters is 1. The molecule has 3 N–H and O–H groups in total. The molecule has 0 bridgehead atoms. The van der Waals surface area contributed by atoms with Crippen molar-refractivity contribution in [2.75, 3.05) is 13.7 Å². The van der Waals surface area contributed by atoms with Crippen LogP contribution in [0.15, 0.2) is 30.3 Å². The van der Waals surface area contributed by atoms with E-state index in [-0.39, 0.29) is 31.9 Å². The quantitative estimate of drug-likeness (QED) is 0.432. The number of benzene rings is 1. The molecular weight excluding hydrogens is 298 g/mol. The van der Waals surface area contributed by atoms with Gasteiger partial charge >= 0.3 is 12.1 Å². The molecule has 1 amide bonds. The fourth-order valence-corrected chi connectivity index (χ4v) is 1.95. The summed E-state index contributed by atoms with van der Waals surface area (Å²) in [6, 6.07) is 8.41. The Labute approximate surface area is 135 Å². The number of nitrogens with two attached hydrogens (primary N) is 1. The Morgan fingerprint density at radius 2 is 1.91 bits per heavy atom. The van der Waals surface area contributed by atoms with Gasteiger partial charge in [0.2, 0.25) is 0 Å². The third-order valence-electron chi connectivity index (χ3n) is 3.21. The highest BCUT2D eigenvalue weighted by atomic mass is 16.6. The molecule has 0 unspecified atom stereocenters. The predicted octanol–water partition coefficient (Wildman–Crippen LogP) is 1.90. The van der Waals surface area contributed by atoms with E-state index < -0.39 is 18.1 Å². The molecular formula is C16H23N3O4. The maximum atomic E-state index is 12.1. The highest BCUT2D eigenvalue weighted by molar-refractivity contribution is 5.83. The van der Waals surface area contributed by atoms with Gasteiger partial charge in [0.25, 0.3) is 0 Å². The molecule has 0 aromatic heterocycles. The van der Waals surface area contributed by atoms with Crippen LogP contribution >= 0.6 is 0 Å². The maximum Gasteiger partial charge on any atom is 0.410 e. The van der Waals surface area contributed by atoms with Gasteiger partial charge in [0.1, 0.15) is 12.6 Å². The number of amidine groups is 1. The second kappa shape index (κ2) is 9.45. The predicted molar refractivity (Wildman–Crippen MR) is 86.0 cm³/mol. The Hall–Kier alpha value is -2.57. The monoisotopic (exact) mass is 321 g/mol. The third kappa shape index (κ3) is 6.37. The molecule has 7 heteroatoms. The Balaban J connectivity index is 2.65. The van der Waals surface area contributed by atoms with Crippen LogP contribution in [0.3, 0.4) is 0 Å². The van der Waals surface area contributed by atoms with E-state index in [0.717, 1.165) is 5.56 Å². The standard InChI is InChI=1S/C16H23N3O4/c1-3-22-15(20)13(9-10-14(17)18)19(2)16(21)23-11-12-7-5-4-6-8-12/h4-8,13H,3,9-11H2,1-2H3,(H3,17,18)/t13-/m0/s1. The van der Waals surface area contributed by atoms with E-state index in [2.05, 4.69) is 0 Å². The van der Waals surface area contributed by atoms with Crippen molar-refractivity contribution in [1.82, 2.24) is 4.90 Å². The smallest absolute Gasteiger partial charge is 0.410 e. The molecule has 0 radical (unpaired) electrons. The lowest BCUT2D eigenvalue weighted by Crippen LogP contribution is -2.44. The first-order chi connectivity index (χ1) is 11.0. The first-order valence-electron chi connectivity index (χ1n) is 7.38. The number of nitrogens with zero attached hydrogens (tertiary/aromatic N) is 1. The summed E-state index contributed by atoms with van der Waals surface area (Å²) in [5.74, 6) is -0.585. The maximum absolute atomic E-state index is 12.1. The Morgan fingerprint density at radius 3 is 2.48 bits per heavy atom. The minimum atomic E-state index is -0.831. The summed E-state index contributed by atoms with van der Waals surface area (Å²) in [6.07, 6.45) is -0.222. The minimum Gasteiger partial charge on any atom is -0.464 e. The third-order valence-corrected chi connectivity index (χ3v) is 3.21. The first kappa shape index (κ1) is 18.5. The van der Waals surface area contributed by atoms with E-state index in [0.29, 0.717) is 0 Å². The van der Waals surface area contributed by atoms with Crippen molar-refractivity contribution in [3.05, 3.63) is 35.9 Å². The highest BCUT2D eigenvalue weighted by Gasteiger charge is 2.29. The van der Waals surface area contributed by atoms with Gasteiger partial charge in [-0.2, -0.15) is 0 Å². The average molecular weight is 321 g/mol. The summed E-state index contributed by atoms with van der Waals surface area (Å²) in [5.41, 5.74) is 6.17. The van der Waals surface area contributed by atoms with E-state index in [9.17, 15) is 9.59 Å². The van der Waals surface area contributed by atoms with Gasteiger partial charge in [-0.25, -0.2) is 9.59 Å². The van der Waals surface area contributed by atoms with Crippen molar-refractivity contribution in [1.29, 1.82) is 5.41 Å². The van der Waals surface area contributed by atoms with Crippen LogP contribution in [-0.4, -0.2) is 42.5 Å². The number of carbonyl (C=O) groups is 2. The lowest BCUT2D eigenvalue weighted by atomic mass is 10.1. The summed E-state index contributed by atoms with van der Waals surface area (Å²) in [6.45, 7) is 2.02. The zero-order chi connectivity index (χ0) is 17.2. The number of likely N-dealkylation sites (N-methyl/N-ethyl adjacent to an activating group) is 1. The highest BCUT2D eigenvalue weighted by Crippen LogP contribution is 2.11. The van der Waals surface area contributed by atoms with E-state index in [1.54, 1.807) is 6.92 Å². The number of nitrogens with one attached hydrogen (secondary N) is 1.